The molecule has 2 aromatic heterocycles. The SMILES string of the molecule is C[C@@H]1C2CC(C2)N(C(=O)c2cc(F)ccc2-n2nccn2)C1CNc1nc2ccc(F)cc2s1. The minimum Gasteiger partial charge on any atom is -0.359 e. The Hall–Kier alpha value is -3.40. The van der Waals surface area contributed by atoms with Crippen molar-refractivity contribution < 1.29 is 13.6 Å². The van der Waals surface area contributed by atoms with E-state index >= 15 is 0 Å². The number of thiazole rings is 1. The van der Waals surface area contributed by atoms with Gasteiger partial charge in [-0.25, -0.2) is 13.8 Å². The number of anilines is 1. The quantitative estimate of drug-likeness (QED) is 0.455. The van der Waals surface area contributed by atoms with Crippen molar-refractivity contribution in [3.63, 3.8) is 0 Å². The molecule has 7 nitrogen and oxygen atoms in total. The van der Waals surface area contributed by atoms with Crippen molar-refractivity contribution in [2.75, 3.05) is 11.9 Å². The number of fused-ring (bicyclic) bond motifs is 3. The summed E-state index contributed by atoms with van der Waals surface area (Å²) < 4.78 is 28.6. The highest BCUT2D eigenvalue weighted by Gasteiger charge is 2.50. The van der Waals surface area contributed by atoms with Crippen LogP contribution in [-0.2, 0) is 0 Å². The van der Waals surface area contributed by atoms with E-state index in [1.54, 1.807) is 6.07 Å². The van der Waals surface area contributed by atoms with Crippen molar-refractivity contribution in [3.8, 4) is 5.69 Å². The molecule has 1 saturated carbocycles. The molecule has 2 aromatic carbocycles. The molecule has 1 amide bonds. The number of nitrogens with zero attached hydrogens (tertiary/aromatic N) is 5. The van der Waals surface area contributed by atoms with Gasteiger partial charge in [-0.05, 0) is 61.1 Å². The Morgan fingerprint density at radius 3 is 2.65 bits per heavy atom. The van der Waals surface area contributed by atoms with Crippen molar-refractivity contribution in [1.82, 2.24) is 24.9 Å². The number of carbonyl (C=O) groups excluding carboxylic acids is 1. The van der Waals surface area contributed by atoms with Crippen LogP contribution in [0.1, 0.15) is 30.1 Å². The molecule has 3 fully saturated rings. The van der Waals surface area contributed by atoms with Crippen LogP contribution in [0.5, 0.6) is 0 Å². The van der Waals surface area contributed by atoms with E-state index < -0.39 is 5.82 Å². The number of carbonyl (C=O) groups is 1. The van der Waals surface area contributed by atoms with E-state index in [2.05, 4.69) is 27.4 Å². The van der Waals surface area contributed by atoms with Crippen LogP contribution in [0.25, 0.3) is 15.9 Å². The zero-order chi connectivity index (χ0) is 23.4. The zero-order valence-electron chi connectivity index (χ0n) is 18.4. The molecule has 2 atom stereocenters. The van der Waals surface area contributed by atoms with Gasteiger partial charge in [-0.15, -0.1) is 0 Å². The van der Waals surface area contributed by atoms with Gasteiger partial charge in [0.05, 0.1) is 39.9 Å². The van der Waals surface area contributed by atoms with E-state index in [1.165, 1.54) is 58.9 Å². The van der Waals surface area contributed by atoms with Gasteiger partial charge in [-0.1, -0.05) is 18.3 Å². The van der Waals surface area contributed by atoms with Gasteiger partial charge in [0.15, 0.2) is 5.13 Å². The van der Waals surface area contributed by atoms with Crippen LogP contribution >= 0.6 is 11.3 Å². The summed E-state index contributed by atoms with van der Waals surface area (Å²) in [6.07, 6.45) is 4.95. The molecular formula is C24H22F2N6OS. The fourth-order valence-electron chi connectivity index (χ4n) is 5.22. The summed E-state index contributed by atoms with van der Waals surface area (Å²) >= 11 is 1.39. The average molecular weight is 481 g/mol. The highest BCUT2D eigenvalue weighted by Crippen LogP contribution is 2.47. The van der Waals surface area contributed by atoms with E-state index in [9.17, 15) is 13.6 Å². The first-order chi connectivity index (χ1) is 16.5. The minimum absolute atomic E-state index is 0.0875. The third-order valence-corrected chi connectivity index (χ3v) is 8.10. The largest absolute Gasteiger partial charge is 0.359 e. The molecule has 1 unspecified atom stereocenters. The zero-order valence-corrected chi connectivity index (χ0v) is 19.2. The van der Waals surface area contributed by atoms with Gasteiger partial charge in [0.2, 0.25) is 0 Å². The fraction of sp³-hybridized carbons (Fsp3) is 0.333. The lowest BCUT2D eigenvalue weighted by molar-refractivity contribution is -0.0502. The molecule has 0 spiro atoms. The van der Waals surface area contributed by atoms with Crippen molar-refractivity contribution in [2.45, 2.75) is 31.8 Å². The number of rotatable bonds is 5. The van der Waals surface area contributed by atoms with Crippen molar-refractivity contribution in [2.24, 2.45) is 11.8 Å². The summed E-state index contributed by atoms with van der Waals surface area (Å²) in [5.41, 5.74) is 1.43. The third kappa shape index (κ3) is 3.53. The maximum Gasteiger partial charge on any atom is 0.256 e. The van der Waals surface area contributed by atoms with E-state index in [0.29, 0.717) is 23.3 Å². The van der Waals surface area contributed by atoms with Crippen LogP contribution < -0.4 is 5.32 Å². The summed E-state index contributed by atoms with van der Waals surface area (Å²) in [4.78, 5) is 21.7. The molecule has 4 heterocycles. The van der Waals surface area contributed by atoms with Crippen molar-refractivity contribution >= 4 is 32.6 Å². The van der Waals surface area contributed by atoms with Gasteiger partial charge in [0.25, 0.3) is 5.91 Å². The first kappa shape index (κ1) is 21.2. The second-order valence-corrected chi connectivity index (χ2v) is 10.0. The molecule has 3 aliphatic rings. The highest BCUT2D eigenvalue weighted by molar-refractivity contribution is 7.22. The van der Waals surface area contributed by atoms with Crippen molar-refractivity contribution in [1.29, 1.82) is 0 Å². The number of benzene rings is 2. The van der Waals surface area contributed by atoms with Gasteiger partial charge in [0.1, 0.15) is 11.6 Å². The van der Waals surface area contributed by atoms with E-state index in [1.807, 2.05) is 4.90 Å². The third-order valence-electron chi connectivity index (χ3n) is 7.12. The number of aromatic nitrogens is 4. The number of nitrogens with one attached hydrogen (secondary N) is 1. The molecule has 174 valence electrons. The average Bonchev–Trinajstić information content (AvgIpc) is 3.46. The number of hydrogen-bond acceptors (Lipinski definition) is 6. The van der Waals surface area contributed by atoms with Gasteiger partial charge in [-0.3, -0.25) is 4.79 Å². The van der Waals surface area contributed by atoms with Crippen LogP contribution in [0.3, 0.4) is 0 Å². The fourth-order valence-corrected chi connectivity index (χ4v) is 6.12. The standard InChI is InChI=1S/C24H22F2N6OS/c1-13-14-8-17(9-14)31(21(13)12-27-24-30-19-4-2-16(26)11-22(19)34-24)23(33)18-10-15(25)3-5-20(18)32-28-6-7-29-32/h2-7,10-11,13-14,17,21H,8-9,12H2,1H3,(H,27,30)/t13-,14?,17?,21?/m1/s1. The smallest absolute Gasteiger partial charge is 0.256 e. The first-order valence-corrected chi connectivity index (χ1v) is 12.1. The maximum absolute atomic E-state index is 14.2. The minimum atomic E-state index is -0.479. The Labute approximate surface area is 198 Å². The van der Waals surface area contributed by atoms with Gasteiger partial charge in [-0.2, -0.15) is 15.0 Å². The molecule has 1 N–H and O–H groups in total. The van der Waals surface area contributed by atoms with Crippen LogP contribution in [0.4, 0.5) is 13.9 Å². The van der Waals surface area contributed by atoms with Crippen LogP contribution in [0.15, 0.2) is 48.8 Å². The van der Waals surface area contributed by atoms with Crippen LogP contribution in [0.2, 0.25) is 0 Å². The summed E-state index contributed by atoms with van der Waals surface area (Å²) in [7, 11) is 0. The van der Waals surface area contributed by atoms with Gasteiger partial charge in [0, 0.05) is 12.6 Å². The second-order valence-electron chi connectivity index (χ2n) is 9.02. The Morgan fingerprint density at radius 2 is 1.85 bits per heavy atom. The molecule has 1 aliphatic carbocycles. The molecule has 2 bridgehead atoms. The Balaban J connectivity index is 1.30. The van der Waals surface area contributed by atoms with Crippen LogP contribution in [-0.4, -0.2) is 49.4 Å². The number of piperidine rings is 2. The lowest BCUT2D eigenvalue weighted by atomic mass is 9.64. The molecule has 2 saturated heterocycles. The Bertz CT molecular complexity index is 1370. The second kappa shape index (κ2) is 8.12. The topological polar surface area (TPSA) is 75.9 Å². The van der Waals surface area contributed by atoms with E-state index in [-0.39, 0.29) is 35.3 Å². The van der Waals surface area contributed by atoms with E-state index in [0.717, 1.165) is 23.1 Å². The van der Waals surface area contributed by atoms with Crippen LogP contribution in [0, 0.1) is 23.5 Å². The molecular weight excluding hydrogens is 458 g/mol. The molecule has 0 radical (unpaired) electrons. The summed E-state index contributed by atoms with van der Waals surface area (Å²) in [6.45, 7) is 2.68. The number of halogens is 2. The van der Waals surface area contributed by atoms with Gasteiger partial charge >= 0.3 is 0 Å². The monoisotopic (exact) mass is 480 g/mol. The Kier molecular flexibility index (Phi) is 5.05. The lowest BCUT2D eigenvalue weighted by Gasteiger charge is -2.57. The normalized spacial score (nSPS) is 23.7. The van der Waals surface area contributed by atoms with Crippen molar-refractivity contribution in [3.05, 3.63) is 66.0 Å². The predicted octanol–water partition coefficient (Wildman–Crippen LogP) is 4.51. The molecule has 7 rings (SSSR count). The summed E-state index contributed by atoms with van der Waals surface area (Å²) in [5, 5.41) is 12.3. The maximum atomic E-state index is 14.2. The lowest BCUT2D eigenvalue weighted by Crippen LogP contribution is -2.64. The number of amides is 1. The van der Waals surface area contributed by atoms with E-state index in [4.69, 9.17) is 0 Å². The molecule has 4 aromatic rings. The highest BCUT2D eigenvalue weighted by atomic mass is 32.1. The first-order valence-electron chi connectivity index (χ1n) is 11.3. The molecule has 2 aliphatic heterocycles. The predicted molar refractivity (Wildman–Crippen MR) is 125 cm³/mol. The Morgan fingerprint density at radius 1 is 1.12 bits per heavy atom. The summed E-state index contributed by atoms with van der Waals surface area (Å²) in [6, 6.07) is 8.67. The molecule has 34 heavy (non-hydrogen) atoms. The summed E-state index contributed by atoms with van der Waals surface area (Å²) in [5.74, 6) is -0.164. The van der Waals surface area contributed by atoms with Gasteiger partial charge < -0.3 is 10.2 Å². The molecule has 10 heteroatoms. The number of hydrogen-bond donors (Lipinski definition) is 1.